The lowest BCUT2D eigenvalue weighted by molar-refractivity contribution is -0.217. The molecule has 3 rings (SSSR count). The molecule has 34 heavy (non-hydrogen) atoms. The third-order valence-corrected chi connectivity index (χ3v) is 6.60. The van der Waals surface area contributed by atoms with Gasteiger partial charge in [0.1, 0.15) is 5.75 Å². The highest BCUT2D eigenvalue weighted by atomic mass is 16.5. The molecule has 0 spiro atoms. The molecule has 1 aliphatic rings. The molecule has 1 aliphatic carbocycles. The standard InChI is InChI=1S/C30H32O4/c1-4-7-8-12-21-29(20-6-3)25(13-5-2)28(32)26(22-14-10-9-11-15-22)27(30(29,33)34)23-16-18-24(31)19-17-23/h4-6,8-12,14-19,25,31,33-34H,1-3,7,13,20-21H2. The molecular formula is C30H32O4. The minimum atomic E-state index is -2.39. The van der Waals surface area contributed by atoms with Crippen LogP contribution >= 0.6 is 0 Å². The van der Waals surface area contributed by atoms with Crippen LogP contribution in [0, 0.1) is 11.3 Å². The quantitative estimate of drug-likeness (QED) is 0.310. The Bertz CT molecular complexity index is 1110. The van der Waals surface area contributed by atoms with Crippen LogP contribution < -0.4 is 0 Å². The van der Waals surface area contributed by atoms with Gasteiger partial charge < -0.3 is 15.3 Å². The molecule has 4 heteroatoms. The molecule has 0 heterocycles. The van der Waals surface area contributed by atoms with Crippen molar-refractivity contribution in [2.45, 2.75) is 31.5 Å². The highest BCUT2D eigenvalue weighted by molar-refractivity contribution is 6.31. The molecule has 0 bridgehead atoms. The Labute approximate surface area is 201 Å². The number of Topliss-reactive ketones (excluding diaryl/α,β-unsaturated/α-hetero) is 1. The maximum absolute atomic E-state index is 14.2. The Morgan fingerprint density at radius 3 is 2.09 bits per heavy atom. The summed E-state index contributed by atoms with van der Waals surface area (Å²) in [5, 5.41) is 33.9. The normalized spacial score (nSPS) is 22.1. The summed E-state index contributed by atoms with van der Waals surface area (Å²) < 4.78 is 0. The van der Waals surface area contributed by atoms with Gasteiger partial charge in [-0.1, -0.05) is 72.8 Å². The predicted molar refractivity (Wildman–Crippen MR) is 138 cm³/mol. The van der Waals surface area contributed by atoms with Gasteiger partial charge in [-0.15, -0.1) is 19.7 Å². The average Bonchev–Trinajstić information content (AvgIpc) is 2.83. The van der Waals surface area contributed by atoms with Gasteiger partial charge in [0, 0.05) is 22.5 Å². The number of phenolic OH excluding ortho intramolecular Hbond substituents is 1. The Balaban J connectivity index is 2.39. The molecule has 0 fully saturated rings. The van der Waals surface area contributed by atoms with E-state index in [0.29, 0.717) is 17.5 Å². The fourth-order valence-corrected chi connectivity index (χ4v) is 4.98. The van der Waals surface area contributed by atoms with Gasteiger partial charge >= 0.3 is 0 Å². The van der Waals surface area contributed by atoms with E-state index in [1.54, 1.807) is 42.5 Å². The van der Waals surface area contributed by atoms with Crippen molar-refractivity contribution in [3.63, 3.8) is 0 Å². The van der Waals surface area contributed by atoms with Gasteiger partial charge in [0.15, 0.2) is 11.6 Å². The highest BCUT2D eigenvalue weighted by Gasteiger charge is 2.61. The minimum Gasteiger partial charge on any atom is -0.508 e. The van der Waals surface area contributed by atoms with Gasteiger partial charge in [-0.3, -0.25) is 4.79 Å². The third kappa shape index (κ3) is 4.47. The van der Waals surface area contributed by atoms with E-state index in [9.17, 15) is 20.1 Å². The third-order valence-electron chi connectivity index (χ3n) is 6.60. The van der Waals surface area contributed by atoms with E-state index in [1.807, 2.05) is 30.4 Å². The van der Waals surface area contributed by atoms with Crippen LogP contribution in [0.2, 0.25) is 0 Å². The molecule has 2 unspecified atom stereocenters. The summed E-state index contributed by atoms with van der Waals surface area (Å²) >= 11 is 0. The second-order valence-electron chi connectivity index (χ2n) is 8.63. The largest absolute Gasteiger partial charge is 0.508 e. The second kappa shape index (κ2) is 10.6. The van der Waals surface area contributed by atoms with Crippen LogP contribution in [0.1, 0.15) is 36.8 Å². The van der Waals surface area contributed by atoms with Crippen LogP contribution in [0.15, 0.2) is 105 Å². The molecule has 2 aromatic rings. The first-order valence-corrected chi connectivity index (χ1v) is 11.4. The molecule has 0 saturated carbocycles. The van der Waals surface area contributed by atoms with Crippen LogP contribution in [0.25, 0.3) is 11.1 Å². The Morgan fingerprint density at radius 2 is 1.50 bits per heavy atom. The minimum absolute atomic E-state index is 0.0449. The van der Waals surface area contributed by atoms with Crippen molar-refractivity contribution in [2.75, 3.05) is 0 Å². The van der Waals surface area contributed by atoms with E-state index in [2.05, 4.69) is 19.7 Å². The summed E-state index contributed by atoms with van der Waals surface area (Å²) in [6, 6.07) is 15.2. The fraction of sp³-hybridized carbons (Fsp3) is 0.233. The summed E-state index contributed by atoms with van der Waals surface area (Å²) in [4.78, 5) is 14.2. The first kappa shape index (κ1) is 25.2. The van der Waals surface area contributed by atoms with Crippen LogP contribution in [-0.2, 0) is 4.79 Å². The van der Waals surface area contributed by atoms with E-state index in [-0.39, 0.29) is 41.9 Å². The second-order valence-corrected chi connectivity index (χ2v) is 8.63. The number of aliphatic hydroxyl groups is 2. The predicted octanol–water partition coefficient (Wildman–Crippen LogP) is 5.84. The molecule has 0 saturated heterocycles. The van der Waals surface area contributed by atoms with Crippen molar-refractivity contribution in [3.05, 3.63) is 116 Å². The molecule has 0 amide bonds. The van der Waals surface area contributed by atoms with E-state index >= 15 is 0 Å². The lowest BCUT2D eigenvalue weighted by atomic mass is 9.54. The summed E-state index contributed by atoms with van der Waals surface area (Å²) in [6.07, 6.45) is 10.2. The van der Waals surface area contributed by atoms with Gasteiger partial charge in [-0.25, -0.2) is 0 Å². The first-order valence-electron chi connectivity index (χ1n) is 11.4. The summed E-state index contributed by atoms with van der Waals surface area (Å²) in [7, 11) is 0. The number of rotatable bonds is 10. The zero-order valence-electron chi connectivity index (χ0n) is 19.4. The SMILES string of the molecule is C=CCC=CCC1(CC=C)C(CC=C)C(=O)C(c2ccccc2)=C(c2ccc(O)cc2)C1(O)O. The number of ketones is 1. The maximum Gasteiger partial charge on any atom is 0.198 e. The molecule has 0 aliphatic heterocycles. The zero-order chi connectivity index (χ0) is 24.8. The number of allylic oxidation sites excluding steroid dienone is 6. The Hall–Kier alpha value is -3.47. The maximum atomic E-state index is 14.2. The molecule has 2 atom stereocenters. The van der Waals surface area contributed by atoms with E-state index in [0.717, 1.165) is 0 Å². The molecule has 0 radical (unpaired) electrons. The summed E-state index contributed by atoms with van der Waals surface area (Å²) in [6.45, 7) is 11.4. The van der Waals surface area contributed by atoms with Crippen LogP contribution in [0.5, 0.6) is 5.75 Å². The number of benzene rings is 2. The zero-order valence-corrected chi connectivity index (χ0v) is 19.4. The van der Waals surface area contributed by atoms with Gasteiger partial charge in [-0.2, -0.15) is 0 Å². The van der Waals surface area contributed by atoms with E-state index < -0.39 is 17.1 Å². The molecule has 2 aromatic carbocycles. The number of phenols is 1. The van der Waals surface area contributed by atoms with Crippen molar-refractivity contribution in [1.29, 1.82) is 0 Å². The molecule has 3 N–H and O–H groups in total. The number of carbonyl (C=O) groups is 1. The van der Waals surface area contributed by atoms with Crippen molar-refractivity contribution in [1.82, 2.24) is 0 Å². The molecule has 0 aromatic heterocycles. The number of hydrogen-bond acceptors (Lipinski definition) is 4. The highest BCUT2D eigenvalue weighted by Crippen LogP contribution is 2.58. The average molecular weight is 457 g/mol. The summed E-state index contributed by atoms with van der Waals surface area (Å²) in [5.41, 5.74) is 0.173. The number of carbonyl (C=O) groups excluding carboxylic acids is 1. The fourth-order valence-electron chi connectivity index (χ4n) is 4.98. The van der Waals surface area contributed by atoms with Crippen molar-refractivity contribution in [2.24, 2.45) is 11.3 Å². The lowest BCUT2D eigenvalue weighted by Gasteiger charge is -2.52. The van der Waals surface area contributed by atoms with Gasteiger partial charge in [0.05, 0.1) is 0 Å². The van der Waals surface area contributed by atoms with Gasteiger partial charge in [-0.05, 0) is 48.9 Å². The molecule has 4 nitrogen and oxygen atoms in total. The molecular weight excluding hydrogens is 424 g/mol. The topological polar surface area (TPSA) is 77.8 Å². The first-order chi connectivity index (χ1) is 16.3. The van der Waals surface area contributed by atoms with Crippen LogP contribution in [-0.4, -0.2) is 26.9 Å². The Kier molecular flexibility index (Phi) is 7.87. The van der Waals surface area contributed by atoms with Crippen molar-refractivity contribution in [3.8, 4) is 5.75 Å². The summed E-state index contributed by atoms with van der Waals surface area (Å²) in [5.74, 6) is -3.25. The van der Waals surface area contributed by atoms with Crippen molar-refractivity contribution >= 4 is 16.9 Å². The van der Waals surface area contributed by atoms with E-state index in [4.69, 9.17) is 0 Å². The van der Waals surface area contributed by atoms with Gasteiger partial charge in [0.25, 0.3) is 0 Å². The molecule has 176 valence electrons. The smallest absolute Gasteiger partial charge is 0.198 e. The van der Waals surface area contributed by atoms with Crippen LogP contribution in [0.4, 0.5) is 0 Å². The number of aromatic hydroxyl groups is 1. The monoisotopic (exact) mass is 456 g/mol. The Morgan fingerprint density at radius 1 is 0.824 bits per heavy atom. The van der Waals surface area contributed by atoms with Crippen molar-refractivity contribution < 1.29 is 20.1 Å². The van der Waals surface area contributed by atoms with Crippen LogP contribution in [0.3, 0.4) is 0 Å². The lowest BCUT2D eigenvalue weighted by Crippen LogP contribution is -2.58. The van der Waals surface area contributed by atoms with Gasteiger partial charge in [0.2, 0.25) is 0 Å². The van der Waals surface area contributed by atoms with E-state index in [1.165, 1.54) is 12.1 Å². The number of hydrogen-bond donors (Lipinski definition) is 3.